The van der Waals surface area contributed by atoms with Crippen molar-refractivity contribution >= 4 is 41.3 Å². The largest absolute Gasteiger partial charge is 0.356 e. The summed E-state index contributed by atoms with van der Waals surface area (Å²) in [5.74, 6) is 1.45. The Morgan fingerprint density at radius 3 is 2.88 bits per heavy atom. The third-order valence-corrected chi connectivity index (χ3v) is 3.88. The predicted octanol–water partition coefficient (Wildman–Crippen LogP) is 2.06. The summed E-state index contributed by atoms with van der Waals surface area (Å²) >= 11 is 1.74. The minimum absolute atomic E-state index is 0. The molecular weight excluding hydrogens is 347 g/mol. The first-order valence-electron chi connectivity index (χ1n) is 5.58. The number of nitrogens with zero attached hydrogens (tertiary/aromatic N) is 3. The fraction of sp³-hybridized carbons (Fsp3) is 0.636. The van der Waals surface area contributed by atoms with Crippen LogP contribution in [0.5, 0.6) is 0 Å². The zero-order valence-electron chi connectivity index (χ0n) is 10.4. The Kier molecular flexibility index (Phi) is 5.64. The number of thiazole rings is 1. The minimum Gasteiger partial charge on any atom is -0.356 e. The second kappa shape index (κ2) is 6.53. The molecule has 0 bridgehead atoms. The molecule has 0 saturated carbocycles. The maximum absolute atomic E-state index is 4.50. The fourth-order valence-electron chi connectivity index (χ4n) is 1.65. The number of hydrogen-bond acceptors (Lipinski definition) is 5. The Morgan fingerprint density at radius 2 is 2.35 bits per heavy atom. The van der Waals surface area contributed by atoms with Crippen LogP contribution >= 0.6 is 35.3 Å². The molecule has 0 spiro atoms. The molecule has 2 heterocycles. The van der Waals surface area contributed by atoms with E-state index < -0.39 is 0 Å². The van der Waals surface area contributed by atoms with Gasteiger partial charge in [-0.3, -0.25) is 4.99 Å². The molecule has 0 aliphatic carbocycles. The van der Waals surface area contributed by atoms with Gasteiger partial charge in [-0.15, -0.1) is 35.3 Å². The highest BCUT2D eigenvalue weighted by Gasteiger charge is 2.14. The van der Waals surface area contributed by atoms with Gasteiger partial charge in [0.05, 0.1) is 11.6 Å². The van der Waals surface area contributed by atoms with Crippen molar-refractivity contribution in [2.75, 3.05) is 26.7 Å². The van der Waals surface area contributed by atoms with E-state index in [9.17, 15) is 0 Å². The van der Waals surface area contributed by atoms with Crippen molar-refractivity contribution in [3.63, 3.8) is 0 Å². The van der Waals surface area contributed by atoms with E-state index in [0.29, 0.717) is 5.92 Å². The molecule has 1 N–H and O–H groups in total. The first-order valence-corrected chi connectivity index (χ1v) is 6.46. The standard InChI is InChI=1S/C11H18N4S.HI/c1-8(10-14-9(2)7-16-10)6-13-11-12-4-5-15(11)3;/h7-8H,4-6H2,1-3H3,(H,12,13);1H. The van der Waals surface area contributed by atoms with Crippen LogP contribution in [0.2, 0.25) is 0 Å². The van der Waals surface area contributed by atoms with E-state index in [1.165, 1.54) is 5.01 Å². The maximum atomic E-state index is 4.50. The van der Waals surface area contributed by atoms with E-state index in [4.69, 9.17) is 0 Å². The van der Waals surface area contributed by atoms with Crippen molar-refractivity contribution in [2.24, 2.45) is 4.99 Å². The lowest BCUT2D eigenvalue weighted by molar-refractivity contribution is 0.529. The van der Waals surface area contributed by atoms with Gasteiger partial charge in [-0.2, -0.15) is 0 Å². The van der Waals surface area contributed by atoms with Crippen molar-refractivity contribution in [1.82, 2.24) is 15.2 Å². The number of aryl methyl sites for hydroxylation is 1. The molecule has 0 radical (unpaired) electrons. The number of nitrogens with one attached hydrogen (secondary N) is 1. The summed E-state index contributed by atoms with van der Waals surface area (Å²) in [6.07, 6.45) is 0. The van der Waals surface area contributed by atoms with Crippen LogP contribution in [0.4, 0.5) is 0 Å². The lowest BCUT2D eigenvalue weighted by Gasteiger charge is -2.17. The van der Waals surface area contributed by atoms with E-state index in [0.717, 1.165) is 31.3 Å². The second-order valence-electron chi connectivity index (χ2n) is 4.24. The van der Waals surface area contributed by atoms with Gasteiger partial charge in [0, 0.05) is 37.1 Å². The van der Waals surface area contributed by atoms with Crippen molar-refractivity contribution in [1.29, 1.82) is 0 Å². The summed E-state index contributed by atoms with van der Waals surface area (Å²) in [4.78, 5) is 11.1. The maximum Gasteiger partial charge on any atom is 0.193 e. The summed E-state index contributed by atoms with van der Waals surface area (Å²) in [6, 6.07) is 0. The fourth-order valence-corrected chi connectivity index (χ4v) is 2.51. The Morgan fingerprint density at radius 1 is 1.59 bits per heavy atom. The zero-order chi connectivity index (χ0) is 11.5. The Balaban J connectivity index is 0.00000144. The van der Waals surface area contributed by atoms with Crippen LogP contribution < -0.4 is 5.32 Å². The third-order valence-electron chi connectivity index (χ3n) is 2.68. The lowest BCUT2D eigenvalue weighted by atomic mass is 10.2. The molecular formula is C11H19IN4S. The summed E-state index contributed by atoms with van der Waals surface area (Å²) in [7, 11) is 2.07. The Bertz CT molecular complexity index is 391. The van der Waals surface area contributed by atoms with Crippen LogP contribution in [-0.2, 0) is 0 Å². The average molecular weight is 366 g/mol. The molecule has 1 aromatic rings. The first kappa shape index (κ1) is 14.7. The van der Waals surface area contributed by atoms with Gasteiger partial charge in [0.2, 0.25) is 0 Å². The lowest BCUT2D eigenvalue weighted by Crippen LogP contribution is -2.37. The van der Waals surface area contributed by atoms with Gasteiger partial charge in [-0.1, -0.05) is 6.92 Å². The van der Waals surface area contributed by atoms with Gasteiger partial charge in [0.15, 0.2) is 5.96 Å². The van der Waals surface area contributed by atoms with E-state index in [1.54, 1.807) is 11.3 Å². The van der Waals surface area contributed by atoms with Crippen LogP contribution in [0, 0.1) is 6.92 Å². The summed E-state index contributed by atoms with van der Waals surface area (Å²) in [6.45, 7) is 7.06. The number of guanidine groups is 1. The number of rotatable bonds is 3. The van der Waals surface area contributed by atoms with Gasteiger partial charge in [-0.25, -0.2) is 4.98 Å². The molecule has 1 aliphatic rings. The predicted molar refractivity (Wildman–Crippen MR) is 83.6 cm³/mol. The van der Waals surface area contributed by atoms with Gasteiger partial charge in [0.25, 0.3) is 0 Å². The Labute approximate surface area is 124 Å². The van der Waals surface area contributed by atoms with Crippen molar-refractivity contribution in [3.8, 4) is 0 Å². The quantitative estimate of drug-likeness (QED) is 0.833. The highest BCUT2D eigenvalue weighted by molar-refractivity contribution is 14.0. The molecule has 4 nitrogen and oxygen atoms in total. The first-order chi connectivity index (χ1) is 7.66. The zero-order valence-corrected chi connectivity index (χ0v) is 13.6. The normalized spacial score (nSPS) is 16.4. The molecule has 2 rings (SSSR count). The Hall–Kier alpha value is -0.370. The summed E-state index contributed by atoms with van der Waals surface area (Å²) in [5.41, 5.74) is 1.11. The number of halogens is 1. The highest BCUT2D eigenvalue weighted by Crippen LogP contribution is 2.18. The van der Waals surface area contributed by atoms with Crippen molar-refractivity contribution in [2.45, 2.75) is 19.8 Å². The van der Waals surface area contributed by atoms with Crippen LogP contribution in [0.25, 0.3) is 0 Å². The SMILES string of the molecule is Cc1csc(C(C)CNC2=NCCN2C)n1.I. The van der Waals surface area contributed by atoms with Crippen LogP contribution in [0.15, 0.2) is 10.4 Å². The van der Waals surface area contributed by atoms with Gasteiger partial charge >= 0.3 is 0 Å². The summed E-state index contributed by atoms with van der Waals surface area (Å²) < 4.78 is 0. The van der Waals surface area contributed by atoms with E-state index in [1.807, 2.05) is 6.92 Å². The molecule has 0 amide bonds. The molecule has 0 saturated heterocycles. The van der Waals surface area contributed by atoms with Crippen molar-refractivity contribution < 1.29 is 0 Å². The smallest absolute Gasteiger partial charge is 0.193 e. The monoisotopic (exact) mass is 366 g/mol. The average Bonchev–Trinajstić information content (AvgIpc) is 2.84. The summed E-state index contributed by atoms with van der Waals surface area (Å²) in [5, 5.41) is 6.68. The molecule has 96 valence electrons. The molecule has 1 aliphatic heterocycles. The number of aromatic nitrogens is 1. The van der Waals surface area contributed by atoms with Crippen LogP contribution in [-0.4, -0.2) is 42.5 Å². The van der Waals surface area contributed by atoms with E-state index in [-0.39, 0.29) is 24.0 Å². The number of aliphatic imine (C=N–C) groups is 1. The molecule has 6 heteroatoms. The highest BCUT2D eigenvalue weighted by atomic mass is 127. The molecule has 0 aromatic carbocycles. The minimum atomic E-state index is 0. The van der Waals surface area contributed by atoms with E-state index >= 15 is 0 Å². The van der Waals surface area contributed by atoms with Crippen LogP contribution in [0.1, 0.15) is 23.5 Å². The topological polar surface area (TPSA) is 40.5 Å². The van der Waals surface area contributed by atoms with Crippen LogP contribution in [0.3, 0.4) is 0 Å². The molecule has 1 unspecified atom stereocenters. The van der Waals surface area contributed by atoms with E-state index in [2.05, 4.69) is 39.5 Å². The molecule has 1 atom stereocenters. The van der Waals surface area contributed by atoms with Crippen molar-refractivity contribution in [3.05, 3.63) is 16.1 Å². The van der Waals surface area contributed by atoms with Gasteiger partial charge in [0.1, 0.15) is 0 Å². The second-order valence-corrected chi connectivity index (χ2v) is 5.13. The van der Waals surface area contributed by atoms with Gasteiger partial charge < -0.3 is 10.2 Å². The third kappa shape index (κ3) is 3.80. The molecule has 1 aromatic heterocycles. The van der Waals surface area contributed by atoms with Gasteiger partial charge in [-0.05, 0) is 6.92 Å². The molecule has 0 fully saturated rings. The number of likely N-dealkylation sites (N-methyl/N-ethyl adjacent to an activating group) is 1. The molecule has 17 heavy (non-hydrogen) atoms. The number of hydrogen-bond donors (Lipinski definition) is 1.